The lowest BCUT2D eigenvalue weighted by molar-refractivity contribution is -0.0138. The molecule has 1 aromatic heterocycles. The third-order valence-corrected chi connectivity index (χ3v) is 3.06. The molecule has 15 heavy (non-hydrogen) atoms. The molecule has 0 bridgehead atoms. The Balaban J connectivity index is 2.23. The monoisotopic (exact) mass is 210 g/mol. The van der Waals surface area contributed by atoms with Crippen molar-refractivity contribution in [1.29, 1.82) is 0 Å². The van der Waals surface area contributed by atoms with E-state index in [0.717, 1.165) is 25.1 Å². The first-order valence-electron chi connectivity index (χ1n) is 5.25. The number of ether oxygens (including phenoxy) is 1. The molecule has 0 aliphatic carbocycles. The van der Waals surface area contributed by atoms with Crippen LogP contribution in [0.1, 0.15) is 31.5 Å². The predicted molar refractivity (Wildman–Crippen MR) is 56.9 cm³/mol. The fourth-order valence-electron chi connectivity index (χ4n) is 2.19. The second-order valence-electron chi connectivity index (χ2n) is 4.28. The van der Waals surface area contributed by atoms with E-state index in [1.807, 2.05) is 19.3 Å². The Labute approximate surface area is 89.6 Å². The van der Waals surface area contributed by atoms with Gasteiger partial charge in [-0.05, 0) is 25.8 Å². The van der Waals surface area contributed by atoms with Crippen molar-refractivity contribution in [3.05, 3.63) is 18.0 Å². The summed E-state index contributed by atoms with van der Waals surface area (Å²) in [5.41, 5.74) is 3.51. The maximum Gasteiger partial charge on any atom is 0.0937 e. The minimum atomic E-state index is -0.233. The Morgan fingerprint density at radius 2 is 2.53 bits per heavy atom. The lowest BCUT2D eigenvalue weighted by atomic mass is 9.91. The minimum absolute atomic E-state index is 0.0406. The number of rotatable bonds is 3. The quantitative estimate of drug-likeness (QED) is 0.563. The van der Waals surface area contributed by atoms with Gasteiger partial charge in [-0.3, -0.25) is 10.5 Å². The van der Waals surface area contributed by atoms with Crippen LogP contribution in [0.3, 0.4) is 0 Å². The van der Waals surface area contributed by atoms with Gasteiger partial charge in [0.25, 0.3) is 0 Å². The van der Waals surface area contributed by atoms with Gasteiger partial charge in [-0.15, -0.1) is 0 Å². The number of nitrogens with zero attached hydrogens (tertiary/aromatic N) is 2. The van der Waals surface area contributed by atoms with Crippen LogP contribution in [0, 0.1) is 0 Å². The molecular formula is C10H18N4O. The summed E-state index contributed by atoms with van der Waals surface area (Å²) in [7, 11) is 1.90. The highest BCUT2D eigenvalue weighted by molar-refractivity contribution is 5.11. The summed E-state index contributed by atoms with van der Waals surface area (Å²) in [4.78, 5) is 0. The molecule has 1 aliphatic heterocycles. The van der Waals surface area contributed by atoms with Gasteiger partial charge in [0.15, 0.2) is 0 Å². The summed E-state index contributed by atoms with van der Waals surface area (Å²) in [6.45, 7) is 2.89. The third-order valence-electron chi connectivity index (χ3n) is 3.06. The van der Waals surface area contributed by atoms with Crippen LogP contribution in [0.4, 0.5) is 0 Å². The Kier molecular flexibility index (Phi) is 2.77. The lowest BCUT2D eigenvalue weighted by Gasteiger charge is -2.31. The second-order valence-corrected chi connectivity index (χ2v) is 4.28. The zero-order valence-electron chi connectivity index (χ0n) is 9.23. The third kappa shape index (κ3) is 1.90. The summed E-state index contributed by atoms with van der Waals surface area (Å²) < 4.78 is 7.54. The zero-order chi connectivity index (χ0) is 10.9. The molecule has 0 spiro atoms. The van der Waals surface area contributed by atoms with Gasteiger partial charge in [0.05, 0.1) is 17.3 Å². The predicted octanol–water partition coefficient (Wildman–Crippen LogP) is 0.494. The fraction of sp³-hybridized carbons (Fsp3) is 0.700. The largest absolute Gasteiger partial charge is 0.373 e. The highest BCUT2D eigenvalue weighted by Gasteiger charge is 2.39. The smallest absolute Gasteiger partial charge is 0.0937 e. The van der Waals surface area contributed by atoms with Crippen LogP contribution in [0.2, 0.25) is 0 Å². The molecule has 84 valence electrons. The number of hydrogen-bond donors (Lipinski definition) is 2. The van der Waals surface area contributed by atoms with E-state index in [-0.39, 0.29) is 11.6 Å². The van der Waals surface area contributed by atoms with E-state index < -0.39 is 0 Å². The van der Waals surface area contributed by atoms with Crippen LogP contribution in [-0.4, -0.2) is 22.0 Å². The number of hydrazine groups is 1. The van der Waals surface area contributed by atoms with E-state index in [1.54, 1.807) is 4.68 Å². The molecule has 2 heterocycles. The van der Waals surface area contributed by atoms with E-state index in [4.69, 9.17) is 10.6 Å². The molecule has 0 amide bonds. The summed E-state index contributed by atoms with van der Waals surface area (Å²) in [6.07, 6.45) is 4.01. The SMILES string of the molecule is Cn1ccc(C(NN)C2(C)CCCO2)n1. The lowest BCUT2D eigenvalue weighted by Crippen LogP contribution is -2.44. The van der Waals surface area contributed by atoms with Crippen LogP contribution >= 0.6 is 0 Å². The minimum Gasteiger partial charge on any atom is -0.373 e. The van der Waals surface area contributed by atoms with Crippen LogP contribution in [0.25, 0.3) is 0 Å². The van der Waals surface area contributed by atoms with E-state index in [9.17, 15) is 0 Å². The van der Waals surface area contributed by atoms with Crippen molar-refractivity contribution in [3.63, 3.8) is 0 Å². The van der Waals surface area contributed by atoms with Gasteiger partial charge in [-0.25, -0.2) is 5.43 Å². The molecule has 2 rings (SSSR count). The van der Waals surface area contributed by atoms with Crippen molar-refractivity contribution in [3.8, 4) is 0 Å². The van der Waals surface area contributed by atoms with E-state index in [2.05, 4.69) is 17.4 Å². The van der Waals surface area contributed by atoms with Crippen molar-refractivity contribution in [2.24, 2.45) is 12.9 Å². The molecule has 0 aromatic carbocycles. The Hall–Kier alpha value is -0.910. The summed E-state index contributed by atoms with van der Waals surface area (Å²) in [6, 6.07) is 1.93. The second kappa shape index (κ2) is 3.92. The van der Waals surface area contributed by atoms with Crippen LogP contribution in [0.15, 0.2) is 12.3 Å². The average molecular weight is 210 g/mol. The molecule has 2 unspecified atom stereocenters. The molecule has 2 atom stereocenters. The van der Waals surface area contributed by atoms with E-state index in [1.165, 1.54) is 0 Å². The molecule has 5 heteroatoms. The van der Waals surface area contributed by atoms with Crippen molar-refractivity contribution in [1.82, 2.24) is 15.2 Å². The van der Waals surface area contributed by atoms with E-state index in [0.29, 0.717) is 0 Å². The average Bonchev–Trinajstić information content (AvgIpc) is 2.78. The number of aromatic nitrogens is 2. The molecule has 1 aliphatic rings. The van der Waals surface area contributed by atoms with Crippen molar-refractivity contribution in [2.75, 3.05) is 6.61 Å². The molecule has 3 N–H and O–H groups in total. The van der Waals surface area contributed by atoms with Gasteiger partial charge in [-0.2, -0.15) is 5.10 Å². The first-order chi connectivity index (χ1) is 7.15. The van der Waals surface area contributed by atoms with E-state index >= 15 is 0 Å². The molecular weight excluding hydrogens is 192 g/mol. The molecule has 1 aromatic rings. The number of hydrogen-bond acceptors (Lipinski definition) is 4. The maximum absolute atomic E-state index is 5.77. The van der Waals surface area contributed by atoms with Gasteiger partial charge in [0.1, 0.15) is 0 Å². The molecule has 5 nitrogen and oxygen atoms in total. The highest BCUT2D eigenvalue weighted by Crippen LogP contribution is 2.36. The zero-order valence-corrected chi connectivity index (χ0v) is 9.23. The normalized spacial score (nSPS) is 28.2. The first kappa shape index (κ1) is 10.6. The van der Waals surface area contributed by atoms with Gasteiger partial charge in [-0.1, -0.05) is 0 Å². The Morgan fingerprint density at radius 3 is 3.00 bits per heavy atom. The van der Waals surface area contributed by atoms with Crippen molar-refractivity contribution < 1.29 is 4.74 Å². The Morgan fingerprint density at radius 1 is 1.73 bits per heavy atom. The first-order valence-corrected chi connectivity index (χ1v) is 5.25. The standard InChI is InChI=1S/C10H18N4O/c1-10(5-3-7-15-10)9(12-11)8-4-6-14(2)13-8/h4,6,9,12H,3,5,7,11H2,1-2H3. The van der Waals surface area contributed by atoms with Crippen LogP contribution in [0.5, 0.6) is 0 Å². The number of nitrogens with one attached hydrogen (secondary N) is 1. The molecule has 0 saturated carbocycles. The van der Waals surface area contributed by atoms with Crippen molar-refractivity contribution >= 4 is 0 Å². The molecule has 1 fully saturated rings. The summed E-state index contributed by atoms with van der Waals surface area (Å²) in [5.74, 6) is 5.60. The number of nitrogens with two attached hydrogens (primary N) is 1. The van der Waals surface area contributed by atoms with Crippen LogP contribution in [-0.2, 0) is 11.8 Å². The summed E-state index contributed by atoms with van der Waals surface area (Å²) >= 11 is 0. The fourth-order valence-corrected chi connectivity index (χ4v) is 2.19. The Bertz CT molecular complexity index is 330. The number of aryl methyl sites for hydroxylation is 1. The molecule has 0 radical (unpaired) electrons. The van der Waals surface area contributed by atoms with Crippen LogP contribution < -0.4 is 11.3 Å². The highest BCUT2D eigenvalue weighted by atomic mass is 16.5. The van der Waals surface area contributed by atoms with Crippen molar-refractivity contribution in [2.45, 2.75) is 31.4 Å². The molecule has 1 saturated heterocycles. The van der Waals surface area contributed by atoms with Gasteiger partial charge >= 0.3 is 0 Å². The summed E-state index contributed by atoms with van der Waals surface area (Å²) in [5, 5.41) is 4.37. The topological polar surface area (TPSA) is 65.1 Å². The maximum atomic E-state index is 5.77. The van der Waals surface area contributed by atoms with Gasteiger partial charge in [0, 0.05) is 19.9 Å². The van der Waals surface area contributed by atoms with Gasteiger partial charge in [0.2, 0.25) is 0 Å². The van der Waals surface area contributed by atoms with Gasteiger partial charge < -0.3 is 4.74 Å².